The molecule has 30 heavy (non-hydrogen) atoms. The molecule has 0 saturated carbocycles. The van der Waals surface area contributed by atoms with Crippen molar-refractivity contribution in [1.29, 1.82) is 0 Å². The number of aromatic amines is 1. The molecule has 2 aromatic heterocycles. The van der Waals surface area contributed by atoms with Crippen molar-refractivity contribution in [3.8, 4) is 17.0 Å². The first-order valence-electron chi connectivity index (χ1n) is 9.81. The Morgan fingerprint density at radius 1 is 1.23 bits per heavy atom. The van der Waals surface area contributed by atoms with Crippen LogP contribution in [0, 0.1) is 0 Å². The van der Waals surface area contributed by atoms with Crippen LogP contribution < -0.4 is 15.1 Å². The average Bonchev–Trinajstić information content (AvgIpc) is 3.07. The van der Waals surface area contributed by atoms with Crippen molar-refractivity contribution < 1.29 is 9.90 Å². The third kappa shape index (κ3) is 5.44. The number of benzene rings is 1. The molecule has 0 atom stereocenters. The fourth-order valence-corrected chi connectivity index (χ4v) is 3.63. The van der Waals surface area contributed by atoms with E-state index in [1.807, 2.05) is 24.3 Å². The van der Waals surface area contributed by atoms with Gasteiger partial charge in [-0.2, -0.15) is 0 Å². The van der Waals surface area contributed by atoms with E-state index in [9.17, 15) is 14.7 Å². The Morgan fingerprint density at radius 2 is 2.00 bits per heavy atom. The standard InChI is InChI=1S/C21H25N5O3S/c1-3-4-5-9-22-20(28)26(2)16-8-6-7-14(10-16)15-12-23-18(24-13-15)11-17-19(27)25-21(29)30-17/h6-8,10,12-13,27H,3-5,9,11H2,1-2H3,(H,22,28)(H,25,29). The molecule has 8 nitrogen and oxygen atoms in total. The molecular weight excluding hydrogens is 402 g/mol. The number of amides is 2. The van der Waals surface area contributed by atoms with Crippen molar-refractivity contribution >= 4 is 23.1 Å². The summed E-state index contributed by atoms with van der Waals surface area (Å²) in [7, 11) is 1.74. The van der Waals surface area contributed by atoms with Crippen LogP contribution in [0.5, 0.6) is 5.88 Å². The highest BCUT2D eigenvalue weighted by molar-refractivity contribution is 7.09. The third-order valence-electron chi connectivity index (χ3n) is 4.65. The van der Waals surface area contributed by atoms with Crippen LogP contribution in [0.1, 0.15) is 36.9 Å². The summed E-state index contributed by atoms with van der Waals surface area (Å²) >= 11 is 0.941. The molecule has 0 bridgehead atoms. The quantitative estimate of drug-likeness (QED) is 0.476. The zero-order valence-electron chi connectivity index (χ0n) is 17.0. The molecule has 0 aliphatic carbocycles. The lowest BCUT2D eigenvalue weighted by Crippen LogP contribution is -2.37. The number of aromatic nitrogens is 3. The number of hydrogen-bond acceptors (Lipinski definition) is 6. The predicted octanol–water partition coefficient (Wildman–Crippen LogP) is 3.53. The lowest BCUT2D eigenvalue weighted by atomic mass is 10.1. The van der Waals surface area contributed by atoms with Gasteiger partial charge in [-0.15, -0.1) is 0 Å². The maximum Gasteiger partial charge on any atom is 0.321 e. The van der Waals surface area contributed by atoms with Gasteiger partial charge in [-0.25, -0.2) is 14.8 Å². The number of carbonyl (C=O) groups is 1. The molecule has 0 spiro atoms. The van der Waals surface area contributed by atoms with Crippen LogP contribution in [0.15, 0.2) is 41.5 Å². The number of anilines is 1. The number of unbranched alkanes of at least 4 members (excludes halogenated alkanes) is 2. The first-order chi connectivity index (χ1) is 14.5. The average molecular weight is 428 g/mol. The summed E-state index contributed by atoms with van der Waals surface area (Å²) in [5.74, 6) is 0.366. The van der Waals surface area contributed by atoms with Crippen LogP contribution in [-0.4, -0.2) is 39.7 Å². The molecule has 2 amide bonds. The Balaban J connectivity index is 1.68. The van der Waals surface area contributed by atoms with Gasteiger partial charge in [0.15, 0.2) is 0 Å². The maximum atomic E-state index is 12.3. The second kappa shape index (κ2) is 10.0. The Kier molecular flexibility index (Phi) is 7.18. The maximum absolute atomic E-state index is 12.3. The monoisotopic (exact) mass is 427 g/mol. The predicted molar refractivity (Wildman–Crippen MR) is 118 cm³/mol. The number of nitrogens with one attached hydrogen (secondary N) is 2. The molecule has 3 rings (SSSR count). The van der Waals surface area contributed by atoms with E-state index in [4.69, 9.17) is 0 Å². The van der Waals surface area contributed by atoms with Crippen LogP contribution in [-0.2, 0) is 6.42 Å². The summed E-state index contributed by atoms with van der Waals surface area (Å²) in [5, 5.41) is 12.6. The van der Waals surface area contributed by atoms with E-state index < -0.39 is 0 Å². The SMILES string of the molecule is CCCCCNC(=O)N(C)c1cccc(-c2cnc(Cc3sc(=O)[nH]c3O)nc2)c1. The topological polar surface area (TPSA) is 111 Å². The van der Waals surface area contributed by atoms with Gasteiger partial charge in [0, 0.05) is 43.7 Å². The number of hydrogen-bond donors (Lipinski definition) is 3. The fourth-order valence-electron chi connectivity index (χ4n) is 2.91. The molecule has 3 aromatic rings. The van der Waals surface area contributed by atoms with E-state index in [-0.39, 0.29) is 23.2 Å². The van der Waals surface area contributed by atoms with Crippen molar-refractivity contribution in [3.05, 3.63) is 57.0 Å². The number of aromatic hydroxyl groups is 1. The van der Waals surface area contributed by atoms with Gasteiger partial charge >= 0.3 is 10.9 Å². The molecule has 0 aliphatic rings. The second-order valence-corrected chi connectivity index (χ2v) is 7.97. The highest BCUT2D eigenvalue weighted by Gasteiger charge is 2.12. The van der Waals surface area contributed by atoms with E-state index >= 15 is 0 Å². The highest BCUT2D eigenvalue weighted by atomic mass is 32.1. The summed E-state index contributed by atoms with van der Waals surface area (Å²) in [6.45, 7) is 2.79. The Morgan fingerprint density at radius 3 is 2.67 bits per heavy atom. The van der Waals surface area contributed by atoms with E-state index in [1.54, 1.807) is 24.3 Å². The van der Waals surface area contributed by atoms with Gasteiger partial charge in [0.25, 0.3) is 0 Å². The smallest absolute Gasteiger partial charge is 0.321 e. The molecule has 158 valence electrons. The van der Waals surface area contributed by atoms with Gasteiger partial charge in [-0.05, 0) is 24.1 Å². The normalized spacial score (nSPS) is 10.7. The molecule has 0 saturated heterocycles. The zero-order valence-corrected chi connectivity index (χ0v) is 17.8. The van der Waals surface area contributed by atoms with Crippen LogP contribution in [0.3, 0.4) is 0 Å². The van der Waals surface area contributed by atoms with Crippen LogP contribution in [0.25, 0.3) is 11.1 Å². The molecule has 0 fully saturated rings. The minimum absolute atomic E-state index is 0.138. The summed E-state index contributed by atoms with van der Waals surface area (Å²) in [5.41, 5.74) is 2.47. The number of carbonyl (C=O) groups excluding carboxylic acids is 1. The zero-order chi connectivity index (χ0) is 21.5. The fraction of sp³-hybridized carbons (Fsp3) is 0.333. The number of thiazole rings is 1. The molecular formula is C21H25N5O3S. The molecule has 0 unspecified atom stereocenters. The van der Waals surface area contributed by atoms with E-state index in [0.717, 1.165) is 47.4 Å². The molecule has 0 radical (unpaired) electrons. The lowest BCUT2D eigenvalue weighted by molar-refractivity contribution is 0.247. The summed E-state index contributed by atoms with van der Waals surface area (Å²) in [6, 6.07) is 7.46. The van der Waals surface area contributed by atoms with E-state index in [2.05, 4.69) is 27.2 Å². The van der Waals surface area contributed by atoms with Crippen molar-refractivity contribution in [2.24, 2.45) is 0 Å². The van der Waals surface area contributed by atoms with Crippen LogP contribution >= 0.6 is 11.3 Å². The highest BCUT2D eigenvalue weighted by Crippen LogP contribution is 2.24. The van der Waals surface area contributed by atoms with E-state index in [1.165, 1.54) is 0 Å². The number of H-pyrrole nitrogens is 1. The second-order valence-electron chi connectivity index (χ2n) is 6.90. The summed E-state index contributed by atoms with van der Waals surface area (Å²) in [6.07, 6.45) is 6.84. The largest absolute Gasteiger partial charge is 0.494 e. The summed E-state index contributed by atoms with van der Waals surface area (Å²) < 4.78 is 0. The Labute approximate surface area is 178 Å². The number of urea groups is 1. The molecule has 3 N–H and O–H groups in total. The Hall–Kier alpha value is -3.20. The van der Waals surface area contributed by atoms with Gasteiger partial charge in [0.05, 0.1) is 4.88 Å². The lowest BCUT2D eigenvalue weighted by Gasteiger charge is -2.19. The van der Waals surface area contributed by atoms with Gasteiger partial charge in [0.2, 0.25) is 5.88 Å². The van der Waals surface area contributed by atoms with Crippen molar-refractivity contribution in [1.82, 2.24) is 20.3 Å². The minimum Gasteiger partial charge on any atom is -0.494 e. The van der Waals surface area contributed by atoms with Gasteiger partial charge in [-0.1, -0.05) is 43.2 Å². The number of nitrogens with zero attached hydrogens (tertiary/aromatic N) is 3. The Bertz CT molecular complexity index is 1050. The van der Waals surface area contributed by atoms with Crippen LogP contribution in [0.2, 0.25) is 0 Å². The van der Waals surface area contributed by atoms with Gasteiger partial charge < -0.3 is 10.4 Å². The summed E-state index contributed by atoms with van der Waals surface area (Å²) in [4.78, 5) is 36.4. The molecule has 2 heterocycles. The molecule has 1 aromatic carbocycles. The van der Waals surface area contributed by atoms with Crippen molar-refractivity contribution in [2.75, 3.05) is 18.5 Å². The minimum atomic E-state index is -0.311. The first kappa shape index (κ1) is 21.5. The van der Waals surface area contributed by atoms with Gasteiger partial charge in [-0.3, -0.25) is 14.7 Å². The van der Waals surface area contributed by atoms with Gasteiger partial charge in [0.1, 0.15) is 5.82 Å². The first-order valence-corrected chi connectivity index (χ1v) is 10.6. The van der Waals surface area contributed by atoms with Crippen molar-refractivity contribution in [3.63, 3.8) is 0 Å². The van der Waals surface area contributed by atoms with E-state index in [0.29, 0.717) is 17.2 Å². The molecule has 0 aliphatic heterocycles. The van der Waals surface area contributed by atoms with Crippen LogP contribution in [0.4, 0.5) is 10.5 Å². The van der Waals surface area contributed by atoms with Crippen molar-refractivity contribution in [2.45, 2.75) is 32.6 Å². The third-order valence-corrected chi connectivity index (χ3v) is 5.52. The molecule has 9 heteroatoms. The number of rotatable bonds is 8.